The molecule has 7 nitrogen and oxygen atoms in total. The van der Waals surface area contributed by atoms with E-state index in [1.165, 1.54) is 6.33 Å². The molecule has 1 amide bonds. The van der Waals surface area contributed by atoms with Crippen LogP contribution in [0.1, 0.15) is 6.42 Å². The second-order valence-electron chi connectivity index (χ2n) is 4.42. The van der Waals surface area contributed by atoms with Crippen molar-refractivity contribution < 1.29 is 9.53 Å². The molecule has 1 aliphatic heterocycles. The van der Waals surface area contributed by atoms with Crippen LogP contribution in [0.4, 0.5) is 11.6 Å². The van der Waals surface area contributed by atoms with Gasteiger partial charge in [-0.2, -0.15) is 0 Å². The number of aromatic nitrogens is 2. The van der Waals surface area contributed by atoms with Crippen molar-refractivity contribution >= 4 is 17.5 Å². The normalized spacial score (nSPS) is 16.3. The molecule has 0 aliphatic carbocycles. The predicted octanol–water partition coefficient (Wildman–Crippen LogP) is 0.195. The fraction of sp³-hybridized carbons (Fsp3) is 0.583. The first kappa shape index (κ1) is 13.4. The third-order valence-electron chi connectivity index (χ3n) is 3.20. The SMILES string of the molecule is CNc1ncnc(N2CCCN(C)C(=O)C2)c1OC. The fourth-order valence-electron chi connectivity index (χ4n) is 2.12. The molecule has 0 bridgehead atoms. The lowest BCUT2D eigenvalue weighted by Crippen LogP contribution is -2.35. The van der Waals surface area contributed by atoms with Gasteiger partial charge in [0.15, 0.2) is 11.6 Å². The number of nitrogens with one attached hydrogen (secondary N) is 1. The van der Waals surface area contributed by atoms with Crippen LogP contribution >= 0.6 is 0 Å². The first-order chi connectivity index (χ1) is 9.17. The van der Waals surface area contributed by atoms with E-state index in [9.17, 15) is 4.79 Å². The minimum Gasteiger partial charge on any atom is -0.490 e. The summed E-state index contributed by atoms with van der Waals surface area (Å²) in [5.74, 6) is 1.94. The van der Waals surface area contributed by atoms with Gasteiger partial charge in [0.2, 0.25) is 11.7 Å². The van der Waals surface area contributed by atoms with Gasteiger partial charge < -0.3 is 19.9 Å². The van der Waals surface area contributed by atoms with Gasteiger partial charge in [0.1, 0.15) is 6.33 Å². The summed E-state index contributed by atoms with van der Waals surface area (Å²) in [5.41, 5.74) is 0. The lowest BCUT2D eigenvalue weighted by Gasteiger charge is -2.23. The predicted molar refractivity (Wildman–Crippen MR) is 72.6 cm³/mol. The number of likely N-dealkylation sites (N-methyl/N-ethyl adjacent to an activating group) is 1. The standard InChI is InChI=1S/C12H19N5O2/c1-13-11-10(19-3)12(15-8-14-11)17-6-4-5-16(2)9(18)7-17/h8H,4-7H2,1-3H3,(H,13,14,15). The van der Waals surface area contributed by atoms with E-state index >= 15 is 0 Å². The molecule has 0 radical (unpaired) electrons. The molecule has 0 saturated carbocycles. The van der Waals surface area contributed by atoms with Gasteiger partial charge in [0.05, 0.1) is 13.7 Å². The van der Waals surface area contributed by atoms with Gasteiger partial charge in [0, 0.05) is 27.2 Å². The molecule has 2 rings (SSSR count). The van der Waals surface area contributed by atoms with Crippen molar-refractivity contribution in [2.45, 2.75) is 6.42 Å². The molecular formula is C12H19N5O2. The number of methoxy groups -OCH3 is 1. The zero-order chi connectivity index (χ0) is 13.8. The fourth-order valence-corrected chi connectivity index (χ4v) is 2.12. The van der Waals surface area contributed by atoms with Crippen LogP contribution in [-0.2, 0) is 4.79 Å². The second-order valence-corrected chi connectivity index (χ2v) is 4.42. The Morgan fingerprint density at radius 2 is 2.16 bits per heavy atom. The van der Waals surface area contributed by atoms with Crippen molar-refractivity contribution in [3.05, 3.63) is 6.33 Å². The van der Waals surface area contributed by atoms with E-state index in [1.807, 2.05) is 11.9 Å². The van der Waals surface area contributed by atoms with Gasteiger partial charge in [-0.25, -0.2) is 9.97 Å². The van der Waals surface area contributed by atoms with Gasteiger partial charge in [-0.1, -0.05) is 0 Å². The molecule has 1 aromatic heterocycles. The van der Waals surface area contributed by atoms with Gasteiger partial charge in [0.25, 0.3) is 0 Å². The molecule has 104 valence electrons. The van der Waals surface area contributed by atoms with E-state index in [1.54, 1.807) is 19.1 Å². The van der Waals surface area contributed by atoms with Crippen molar-refractivity contribution in [3.8, 4) is 5.75 Å². The summed E-state index contributed by atoms with van der Waals surface area (Å²) < 4.78 is 5.37. The Bertz CT molecular complexity index is 465. The molecule has 1 aliphatic rings. The van der Waals surface area contributed by atoms with Crippen molar-refractivity contribution in [1.82, 2.24) is 14.9 Å². The summed E-state index contributed by atoms with van der Waals surface area (Å²) in [4.78, 5) is 24.0. The maximum Gasteiger partial charge on any atom is 0.241 e. The van der Waals surface area contributed by atoms with Crippen LogP contribution in [0.2, 0.25) is 0 Å². The summed E-state index contributed by atoms with van der Waals surface area (Å²) in [6.45, 7) is 1.85. The summed E-state index contributed by atoms with van der Waals surface area (Å²) in [6, 6.07) is 0. The molecule has 19 heavy (non-hydrogen) atoms. The lowest BCUT2D eigenvalue weighted by molar-refractivity contribution is -0.127. The molecule has 1 fully saturated rings. The Morgan fingerprint density at radius 3 is 2.84 bits per heavy atom. The largest absolute Gasteiger partial charge is 0.490 e. The number of amides is 1. The van der Waals surface area contributed by atoms with Crippen molar-refractivity contribution in [3.63, 3.8) is 0 Å². The number of hydrogen-bond donors (Lipinski definition) is 1. The summed E-state index contributed by atoms with van der Waals surface area (Å²) in [6.07, 6.45) is 2.38. The van der Waals surface area contributed by atoms with Gasteiger partial charge >= 0.3 is 0 Å². The highest BCUT2D eigenvalue weighted by Crippen LogP contribution is 2.31. The van der Waals surface area contributed by atoms with E-state index in [4.69, 9.17) is 4.74 Å². The van der Waals surface area contributed by atoms with Crippen LogP contribution in [0.5, 0.6) is 5.75 Å². The highest BCUT2D eigenvalue weighted by Gasteiger charge is 2.23. The smallest absolute Gasteiger partial charge is 0.241 e. The lowest BCUT2D eigenvalue weighted by atomic mass is 10.3. The zero-order valence-electron chi connectivity index (χ0n) is 11.5. The Kier molecular flexibility index (Phi) is 4.03. The number of rotatable bonds is 3. The Balaban J connectivity index is 2.32. The molecule has 1 N–H and O–H groups in total. The van der Waals surface area contributed by atoms with E-state index < -0.39 is 0 Å². The molecule has 2 heterocycles. The third-order valence-corrected chi connectivity index (χ3v) is 3.20. The van der Waals surface area contributed by atoms with E-state index in [-0.39, 0.29) is 5.91 Å². The van der Waals surface area contributed by atoms with E-state index in [0.29, 0.717) is 23.9 Å². The topological polar surface area (TPSA) is 70.6 Å². The van der Waals surface area contributed by atoms with Crippen LogP contribution in [0.15, 0.2) is 6.33 Å². The number of nitrogens with zero attached hydrogens (tertiary/aromatic N) is 4. The monoisotopic (exact) mass is 265 g/mol. The molecular weight excluding hydrogens is 246 g/mol. The van der Waals surface area contributed by atoms with Gasteiger partial charge in [-0.15, -0.1) is 0 Å². The molecule has 1 saturated heterocycles. The van der Waals surface area contributed by atoms with Crippen molar-refractivity contribution in [1.29, 1.82) is 0 Å². The Morgan fingerprint density at radius 1 is 1.37 bits per heavy atom. The minimum absolute atomic E-state index is 0.0872. The summed E-state index contributed by atoms with van der Waals surface area (Å²) >= 11 is 0. The average molecular weight is 265 g/mol. The first-order valence-corrected chi connectivity index (χ1v) is 6.23. The Hall–Kier alpha value is -2.05. The zero-order valence-corrected chi connectivity index (χ0v) is 11.5. The van der Waals surface area contributed by atoms with Gasteiger partial charge in [-0.05, 0) is 6.42 Å². The average Bonchev–Trinajstić information content (AvgIpc) is 2.60. The van der Waals surface area contributed by atoms with E-state index in [2.05, 4.69) is 15.3 Å². The van der Waals surface area contributed by atoms with E-state index in [0.717, 1.165) is 19.5 Å². The van der Waals surface area contributed by atoms with Crippen molar-refractivity contribution in [2.75, 3.05) is 51.1 Å². The van der Waals surface area contributed by atoms with Crippen LogP contribution in [0.25, 0.3) is 0 Å². The van der Waals surface area contributed by atoms with Gasteiger partial charge in [-0.3, -0.25) is 4.79 Å². The van der Waals surface area contributed by atoms with Crippen LogP contribution in [0.3, 0.4) is 0 Å². The number of hydrogen-bond acceptors (Lipinski definition) is 6. The minimum atomic E-state index is 0.0872. The molecule has 7 heteroatoms. The highest BCUT2D eigenvalue weighted by atomic mass is 16.5. The maximum absolute atomic E-state index is 11.9. The van der Waals surface area contributed by atoms with Crippen LogP contribution < -0.4 is 15.0 Å². The summed E-state index contributed by atoms with van der Waals surface area (Å²) in [5, 5.41) is 2.96. The third kappa shape index (κ3) is 2.69. The molecule has 0 aromatic carbocycles. The van der Waals surface area contributed by atoms with Crippen molar-refractivity contribution in [2.24, 2.45) is 0 Å². The summed E-state index contributed by atoms with van der Waals surface area (Å²) in [7, 11) is 5.17. The highest BCUT2D eigenvalue weighted by molar-refractivity contribution is 5.82. The quantitative estimate of drug-likeness (QED) is 0.841. The molecule has 0 spiro atoms. The number of carbonyl (C=O) groups excluding carboxylic acids is 1. The first-order valence-electron chi connectivity index (χ1n) is 6.23. The number of anilines is 2. The Labute approximate surface area is 112 Å². The molecule has 1 aromatic rings. The van der Waals surface area contributed by atoms with Crippen LogP contribution in [-0.4, -0.2) is 61.6 Å². The molecule has 0 unspecified atom stereocenters. The van der Waals surface area contributed by atoms with Crippen LogP contribution in [0, 0.1) is 0 Å². The number of carbonyl (C=O) groups is 1. The maximum atomic E-state index is 11.9. The molecule has 0 atom stereocenters. The number of ether oxygens (including phenoxy) is 1. The second kappa shape index (κ2) is 5.73.